The van der Waals surface area contributed by atoms with Gasteiger partial charge in [-0.05, 0) is 31.8 Å². The van der Waals surface area contributed by atoms with Gasteiger partial charge in [-0.25, -0.2) is 8.42 Å². The van der Waals surface area contributed by atoms with E-state index < -0.39 is 9.84 Å². The molecule has 2 aliphatic rings. The summed E-state index contributed by atoms with van der Waals surface area (Å²) in [6, 6.07) is 0.0431. The third kappa shape index (κ3) is 3.19. The molecular weight excluding hydrogens is 240 g/mol. The maximum atomic E-state index is 11.9. The lowest BCUT2D eigenvalue weighted by Gasteiger charge is -2.33. The highest BCUT2D eigenvalue weighted by molar-refractivity contribution is 7.91. The molecule has 0 aliphatic carbocycles. The first-order chi connectivity index (χ1) is 7.98. The summed E-state index contributed by atoms with van der Waals surface area (Å²) in [6.07, 6.45) is 1.12. The van der Waals surface area contributed by atoms with E-state index in [2.05, 4.69) is 10.6 Å². The molecular formula is C11H20N2O3S. The van der Waals surface area contributed by atoms with E-state index in [0.717, 1.165) is 13.1 Å². The molecule has 0 aromatic carbocycles. The normalized spacial score (nSPS) is 27.1. The van der Waals surface area contributed by atoms with Crippen LogP contribution in [0.15, 0.2) is 0 Å². The zero-order valence-electron chi connectivity index (χ0n) is 10.1. The van der Waals surface area contributed by atoms with Crippen molar-refractivity contribution in [1.82, 2.24) is 10.6 Å². The Hall–Kier alpha value is -0.620. The van der Waals surface area contributed by atoms with E-state index in [0.29, 0.717) is 18.8 Å². The summed E-state index contributed by atoms with van der Waals surface area (Å²) in [5.41, 5.74) is 0. The second kappa shape index (κ2) is 4.94. The van der Waals surface area contributed by atoms with Crippen molar-refractivity contribution in [2.45, 2.75) is 25.8 Å². The molecule has 98 valence electrons. The van der Waals surface area contributed by atoms with Crippen molar-refractivity contribution in [2.75, 3.05) is 24.6 Å². The van der Waals surface area contributed by atoms with Gasteiger partial charge in [-0.15, -0.1) is 0 Å². The SMILES string of the molecule is CC(C(=O)NC1CCS(=O)(=O)CC1)C1CNC1. The number of carbonyl (C=O) groups excluding carboxylic acids is 1. The summed E-state index contributed by atoms with van der Waals surface area (Å²) >= 11 is 0. The first-order valence-electron chi connectivity index (χ1n) is 6.19. The highest BCUT2D eigenvalue weighted by Crippen LogP contribution is 2.18. The molecule has 0 saturated carbocycles. The Bertz CT molecular complexity index is 376. The minimum absolute atomic E-state index is 0.0229. The Kier molecular flexibility index (Phi) is 3.73. The van der Waals surface area contributed by atoms with Gasteiger partial charge in [0.25, 0.3) is 0 Å². The quantitative estimate of drug-likeness (QED) is 0.720. The van der Waals surface area contributed by atoms with E-state index in [1.165, 1.54) is 0 Å². The number of carbonyl (C=O) groups is 1. The van der Waals surface area contributed by atoms with Gasteiger partial charge < -0.3 is 10.6 Å². The molecule has 0 aromatic heterocycles. The van der Waals surface area contributed by atoms with Crippen molar-refractivity contribution in [2.24, 2.45) is 11.8 Å². The molecule has 17 heavy (non-hydrogen) atoms. The van der Waals surface area contributed by atoms with Gasteiger partial charge in [0.1, 0.15) is 9.84 Å². The monoisotopic (exact) mass is 260 g/mol. The molecule has 1 amide bonds. The summed E-state index contributed by atoms with van der Waals surface area (Å²) in [5.74, 6) is 0.937. The standard InChI is InChI=1S/C11H20N2O3S/c1-8(9-6-12-7-9)11(14)13-10-2-4-17(15,16)5-3-10/h8-10,12H,2-7H2,1H3,(H,13,14). The maximum absolute atomic E-state index is 11.9. The molecule has 1 unspecified atom stereocenters. The molecule has 2 rings (SSSR count). The third-order valence-electron chi connectivity index (χ3n) is 3.83. The van der Waals surface area contributed by atoms with Crippen LogP contribution in [0.5, 0.6) is 0 Å². The number of nitrogens with one attached hydrogen (secondary N) is 2. The van der Waals surface area contributed by atoms with Crippen LogP contribution < -0.4 is 10.6 Å². The van der Waals surface area contributed by atoms with Crippen LogP contribution in [0.4, 0.5) is 0 Å². The van der Waals surface area contributed by atoms with Crippen molar-refractivity contribution in [1.29, 1.82) is 0 Å². The topological polar surface area (TPSA) is 75.3 Å². The van der Waals surface area contributed by atoms with Gasteiger partial charge in [-0.3, -0.25) is 4.79 Å². The van der Waals surface area contributed by atoms with E-state index in [4.69, 9.17) is 0 Å². The van der Waals surface area contributed by atoms with E-state index in [9.17, 15) is 13.2 Å². The molecule has 0 radical (unpaired) electrons. The van der Waals surface area contributed by atoms with Crippen molar-refractivity contribution in [3.8, 4) is 0 Å². The van der Waals surface area contributed by atoms with Crippen molar-refractivity contribution >= 4 is 15.7 Å². The zero-order valence-corrected chi connectivity index (χ0v) is 10.9. The summed E-state index contributed by atoms with van der Waals surface area (Å²) in [5, 5.41) is 6.13. The van der Waals surface area contributed by atoms with Crippen LogP contribution in [0.3, 0.4) is 0 Å². The zero-order chi connectivity index (χ0) is 12.5. The number of hydrogen-bond acceptors (Lipinski definition) is 4. The van der Waals surface area contributed by atoms with Crippen molar-refractivity contribution < 1.29 is 13.2 Å². The Morgan fingerprint density at radius 2 is 1.88 bits per heavy atom. The summed E-state index contributed by atoms with van der Waals surface area (Å²) in [4.78, 5) is 11.9. The van der Waals surface area contributed by atoms with Crippen LogP contribution in [0.25, 0.3) is 0 Å². The predicted octanol–water partition coefficient (Wildman–Crippen LogP) is -0.465. The average Bonchev–Trinajstić information content (AvgIpc) is 2.18. The van der Waals surface area contributed by atoms with E-state index in [1.807, 2.05) is 6.92 Å². The van der Waals surface area contributed by atoms with Crippen LogP contribution >= 0.6 is 0 Å². The largest absolute Gasteiger partial charge is 0.353 e. The van der Waals surface area contributed by atoms with Crippen LogP contribution in [0.1, 0.15) is 19.8 Å². The Morgan fingerprint density at radius 1 is 1.29 bits per heavy atom. The number of amides is 1. The Labute approximate surface area is 102 Å². The molecule has 2 N–H and O–H groups in total. The van der Waals surface area contributed by atoms with E-state index in [1.54, 1.807) is 0 Å². The lowest BCUT2D eigenvalue weighted by molar-refractivity contribution is -0.127. The molecule has 2 heterocycles. The van der Waals surface area contributed by atoms with Gasteiger partial charge >= 0.3 is 0 Å². The van der Waals surface area contributed by atoms with Gasteiger partial charge in [0.05, 0.1) is 11.5 Å². The molecule has 6 heteroatoms. The van der Waals surface area contributed by atoms with Crippen LogP contribution in [-0.4, -0.2) is 45.0 Å². The summed E-state index contributed by atoms with van der Waals surface area (Å²) in [7, 11) is -2.84. The fraction of sp³-hybridized carbons (Fsp3) is 0.909. The van der Waals surface area contributed by atoms with Crippen molar-refractivity contribution in [3.63, 3.8) is 0 Å². The lowest BCUT2D eigenvalue weighted by Crippen LogP contribution is -2.51. The number of sulfone groups is 1. The second-order valence-corrected chi connectivity index (χ2v) is 7.45. The Morgan fingerprint density at radius 3 is 2.35 bits per heavy atom. The Balaban J connectivity index is 1.79. The fourth-order valence-corrected chi connectivity index (χ4v) is 3.74. The van der Waals surface area contributed by atoms with Gasteiger partial charge in [0.2, 0.25) is 5.91 Å². The van der Waals surface area contributed by atoms with Crippen LogP contribution in [0, 0.1) is 11.8 Å². The van der Waals surface area contributed by atoms with Gasteiger partial charge in [0, 0.05) is 12.0 Å². The number of rotatable bonds is 3. The second-order valence-electron chi connectivity index (χ2n) is 5.14. The molecule has 2 fully saturated rings. The van der Waals surface area contributed by atoms with E-state index in [-0.39, 0.29) is 29.4 Å². The lowest BCUT2D eigenvalue weighted by atomic mass is 9.88. The maximum Gasteiger partial charge on any atom is 0.223 e. The average molecular weight is 260 g/mol. The highest BCUT2D eigenvalue weighted by Gasteiger charge is 2.31. The molecule has 5 nitrogen and oxygen atoms in total. The van der Waals surface area contributed by atoms with Gasteiger partial charge in [0.15, 0.2) is 0 Å². The number of hydrogen-bond donors (Lipinski definition) is 2. The van der Waals surface area contributed by atoms with Gasteiger partial charge in [-0.2, -0.15) is 0 Å². The first kappa shape index (κ1) is 12.8. The fourth-order valence-electron chi connectivity index (χ4n) is 2.25. The first-order valence-corrected chi connectivity index (χ1v) is 8.01. The smallest absolute Gasteiger partial charge is 0.223 e. The molecule has 0 bridgehead atoms. The molecule has 2 aliphatic heterocycles. The highest BCUT2D eigenvalue weighted by atomic mass is 32.2. The van der Waals surface area contributed by atoms with Gasteiger partial charge in [-0.1, -0.05) is 6.92 Å². The minimum atomic E-state index is -2.84. The van der Waals surface area contributed by atoms with Crippen molar-refractivity contribution in [3.05, 3.63) is 0 Å². The molecule has 2 saturated heterocycles. The predicted molar refractivity (Wildman–Crippen MR) is 65.3 cm³/mol. The molecule has 1 atom stereocenters. The summed E-state index contributed by atoms with van der Waals surface area (Å²) in [6.45, 7) is 3.77. The molecule has 0 aromatic rings. The third-order valence-corrected chi connectivity index (χ3v) is 5.55. The minimum Gasteiger partial charge on any atom is -0.353 e. The summed E-state index contributed by atoms with van der Waals surface area (Å²) < 4.78 is 22.5. The van der Waals surface area contributed by atoms with E-state index >= 15 is 0 Å². The molecule has 0 spiro atoms. The van der Waals surface area contributed by atoms with Crippen LogP contribution in [0.2, 0.25) is 0 Å². The van der Waals surface area contributed by atoms with Crippen LogP contribution in [-0.2, 0) is 14.6 Å².